The fourth-order valence-electron chi connectivity index (χ4n) is 2.69. The SMILES string of the molecule is CN=C(NCCCn1ccnc1)NCC(C)(C)Cc1cccc(Cl)c1. The summed E-state index contributed by atoms with van der Waals surface area (Å²) in [5.74, 6) is 0.838. The number of aliphatic imine (C=N–C) groups is 1. The van der Waals surface area contributed by atoms with E-state index in [-0.39, 0.29) is 5.41 Å². The molecule has 0 radical (unpaired) electrons. The first-order chi connectivity index (χ1) is 12.0. The van der Waals surface area contributed by atoms with Crippen LogP contribution in [0, 0.1) is 5.41 Å². The molecule has 1 aromatic heterocycles. The Balaban J connectivity index is 1.73. The molecule has 0 amide bonds. The molecule has 0 atom stereocenters. The van der Waals surface area contributed by atoms with E-state index >= 15 is 0 Å². The van der Waals surface area contributed by atoms with Gasteiger partial charge in [-0.25, -0.2) is 4.98 Å². The number of aromatic nitrogens is 2. The molecule has 2 aromatic rings. The largest absolute Gasteiger partial charge is 0.356 e. The summed E-state index contributed by atoms with van der Waals surface area (Å²) in [7, 11) is 1.80. The zero-order chi connectivity index (χ0) is 18.1. The van der Waals surface area contributed by atoms with Crippen LogP contribution in [0.5, 0.6) is 0 Å². The molecule has 0 aliphatic carbocycles. The van der Waals surface area contributed by atoms with Crippen LogP contribution >= 0.6 is 11.6 Å². The Kier molecular flexibility index (Phi) is 7.31. The minimum Gasteiger partial charge on any atom is -0.356 e. The summed E-state index contributed by atoms with van der Waals surface area (Å²) in [6.45, 7) is 7.14. The van der Waals surface area contributed by atoms with Gasteiger partial charge in [-0.3, -0.25) is 4.99 Å². The molecule has 0 spiro atoms. The van der Waals surface area contributed by atoms with Gasteiger partial charge in [0.2, 0.25) is 0 Å². The predicted octanol–water partition coefficient (Wildman–Crippen LogP) is 3.36. The van der Waals surface area contributed by atoms with E-state index in [0.29, 0.717) is 0 Å². The standard InChI is InChI=1S/C19H28ClN5/c1-19(2,13-16-6-4-7-17(20)12-16)14-24-18(21-3)23-8-5-10-25-11-9-22-15-25/h4,6-7,9,11-12,15H,5,8,10,13-14H2,1-3H3,(H2,21,23,24). The number of imidazole rings is 1. The topological polar surface area (TPSA) is 54.2 Å². The van der Waals surface area contributed by atoms with Crippen LogP contribution in [-0.2, 0) is 13.0 Å². The van der Waals surface area contributed by atoms with Gasteiger partial charge >= 0.3 is 0 Å². The predicted molar refractivity (Wildman–Crippen MR) is 105 cm³/mol. The van der Waals surface area contributed by atoms with Gasteiger partial charge in [-0.2, -0.15) is 0 Å². The minimum atomic E-state index is 0.0963. The van der Waals surface area contributed by atoms with Gasteiger partial charge in [-0.1, -0.05) is 37.6 Å². The molecule has 0 saturated heterocycles. The van der Waals surface area contributed by atoms with Gasteiger partial charge in [-0.15, -0.1) is 0 Å². The molecule has 25 heavy (non-hydrogen) atoms. The first-order valence-corrected chi connectivity index (χ1v) is 9.01. The van der Waals surface area contributed by atoms with E-state index in [1.54, 1.807) is 13.2 Å². The minimum absolute atomic E-state index is 0.0963. The van der Waals surface area contributed by atoms with Crippen molar-refractivity contribution in [3.8, 4) is 0 Å². The Hall–Kier alpha value is -2.01. The lowest BCUT2D eigenvalue weighted by atomic mass is 9.86. The highest BCUT2D eigenvalue weighted by atomic mass is 35.5. The lowest BCUT2D eigenvalue weighted by molar-refractivity contribution is 0.359. The zero-order valence-corrected chi connectivity index (χ0v) is 16.1. The van der Waals surface area contributed by atoms with Crippen LogP contribution in [0.1, 0.15) is 25.8 Å². The average Bonchev–Trinajstić information content (AvgIpc) is 3.07. The summed E-state index contributed by atoms with van der Waals surface area (Å²) < 4.78 is 2.08. The summed E-state index contributed by atoms with van der Waals surface area (Å²) in [6.07, 6.45) is 7.59. The van der Waals surface area contributed by atoms with Gasteiger partial charge in [0.25, 0.3) is 0 Å². The number of guanidine groups is 1. The van der Waals surface area contributed by atoms with E-state index in [0.717, 1.165) is 43.5 Å². The molecule has 0 aliphatic heterocycles. The smallest absolute Gasteiger partial charge is 0.190 e. The first kappa shape index (κ1) is 19.3. The molecular formula is C19H28ClN5. The number of nitrogens with zero attached hydrogens (tertiary/aromatic N) is 3. The molecule has 5 nitrogen and oxygen atoms in total. The van der Waals surface area contributed by atoms with Crippen LogP contribution in [-0.4, -0.2) is 35.6 Å². The second kappa shape index (κ2) is 9.47. The van der Waals surface area contributed by atoms with Crippen molar-refractivity contribution in [1.82, 2.24) is 20.2 Å². The van der Waals surface area contributed by atoms with E-state index in [9.17, 15) is 0 Å². The molecule has 0 aliphatic rings. The van der Waals surface area contributed by atoms with Crippen molar-refractivity contribution in [1.29, 1.82) is 0 Å². The molecule has 1 heterocycles. The van der Waals surface area contributed by atoms with E-state index in [4.69, 9.17) is 11.6 Å². The molecular weight excluding hydrogens is 334 g/mol. The molecule has 0 bridgehead atoms. The van der Waals surface area contributed by atoms with E-state index < -0.39 is 0 Å². The average molecular weight is 362 g/mol. The third-order valence-electron chi connectivity index (χ3n) is 3.97. The molecule has 6 heteroatoms. The highest BCUT2D eigenvalue weighted by Gasteiger charge is 2.19. The number of hydrogen-bond donors (Lipinski definition) is 2. The van der Waals surface area contributed by atoms with Crippen LogP contribution in [0.25, 0.3) is 0 Å². The number of benzene rings is 1. The van der Waals surface area contributed by atoms with Crippen molar-refractivity contribution >= 4 is 17.6 Å². The summed E-state index contributed by atoms with van der Waals surface area (Å²) in [6, 6.07) is 8.07. The Morgan fingerprint density at radius 3 is 2.84 bits per heavy atom. The Morgan fingerprint density at radius 2 is 2.16 bits per heavy atom. The second-order valence-corrected chi connectivity index (χ2v) is 7.41. The van der Waals surface area contributed by atoms with Crippen LogP contribution in [0.3, 0.4) is 0 Å². The third kappa shape index (κ3) is 7.18. The fraction of sp³-hybridized carbons (Fsp3) is 0.474. The van der Waals surface area contributed by atoms with Gasteiger partial charge in [0.1, 0.15) is 0 Å². The zero-order valence-electron chi connectivity index (χ0n) is 15.3. The number of nitrogens with one attached hydrogen (secondary N) is 2. The number of rotatable bonds is 8. The fourth-order valence-corrected chi connectivity index (χ4v) is 2.91. The number of aryl methyl sites for hydroxylation is 1. The van der Waals surface area contributed by atoms with Crippen molar-refractivity contribution in [3.63, 3.8) is 0 Å². The lowest BCUT2D eigenvalue weighted by Crippen LogP contribution is -2.43. The Morgan fingerprint density at radius 1 is 1.32 bits per heavy atom. The monoisotopic (exact) mass is 361 g/mol. The lowest BCUT2D eigenvalue weighted by Gasteiger charge is -2.26. The number of hydrogen-bond acceptors (Lipinski definition) is 2. The number of halogens is 1. The van der Waals surface area contributed by atoms with Crippen molar-refractivity contribution in [3.05, 3.63) is 53.6 Å². The summed E-state index contributed by atoms with van der Waals surface area (Å²) in [5.41, 5.74) is 1.35. The van der Waals surface area contributed by atoms with E-state index in [1.165, 1.54) is 5.56 Å². The molecule has 2 rings (SSSR count). The normalized spacial score (nSPS) is 12.2. The van der Waals surface area contributed by atoms with Crippen LogP contribution in [0.2, 0.25) is 5.02 Å². The molecule has 0 saturated carbocycles. The highest BCUT2D eigenvalue weighted by molar-refractivity contribution is 6.30. The quantitative estimate of drug-likeness (QED) is 0.430. The second-order valence-electron chi connectivity index (χ2n) is 6.98. The maximum absolute atomic E-state index is 6.08. The van der Waals surface area contributed by atoms with Crippen molar-refractivity contribution < 1.29 is 0 Å². The summed E-state index contributed by atoms with van der Waals surface area (Å²) in [4.78, 5) is 8.35. The molecule has 0 unspecified atom stereocenters. The van der Waals surface area contributed by atoms with Crippen molar-refractivity contribution in [2.75, 3.05) is 20.1 Å². The van der Waals surface area contributed by atoms with Crippen LogP contribution in [0.15, 0.2) is 48.0 Å². The van der Waals surface area contributed by atoms with Crippen LogP contribution < -0.4 is 10.6 Å². The molecule has 136 valence electrons. The maximum Gasteiger partial charge on any atom is 0.190 e. The Labute approximate surface area is 155 Å². The van der Waals surface area contributed by atoms with Gasteiger partial charge in [0, 0.05) is 44.1 Å². The van der Waals surface area contributed by atoms with E-state index in [1.807, 2.05) is 30.7 Å². The van der Waals surface area contributed by atoms with Gasteiger partial charge in [0.05, 0.1) is 6.33 Å². The summed E-state index contributed by atoms with van der Waals surface area (Å²) >= 11 is 6.08. The summed E-state index contributed by atoms with van der Waals surface area (Å²) in [5, 5.41) is 7.57. The first-order valence-electron chi connectivity index (χ1n) is 8.63. The van der Waals surface area contributed by atoms with Gasteiger partial charge < -0.3 is 15.2 Å². The third-order valence-corrected chi connectivity index (χ3v) is 4.21. The molecule has 1 aromatic carbocycles. The van der Waals surface area contributed by atoms with Crippen molar-refractivity contribution in [2.24, 2.45) is 10.4 Å². The van der Waals surface area contributed by atoms with E-state index in [2.05, 4.69) is 45.1 Å². The maximum atomic E-state index is 6.08. The van der Waals surface area contributed by atoms with Gasteiger partial charge in [0.15, 0.2) is 5.96 Å². The molecule has 2 N–H and O–H groups in total. The highest BCUT2D eigenvalue weighted by Crippen LogP contribution is 2.22. The van der Waals surface area contributed by atoms with Crippen LogP contribution in [0.4, 0.5) is 0 Å². The molecule has 0 fully saturated rings. The Bertz CT molecular complexity index is 664. The van der Waals surface area contributed by atoms with Crippen molar-refractivity contribution in [2.45, 2.75) is 33.2 Å². The van der Waals surface area contributed by atoms with Gasteiger partial charge in [-0.05, 0) is 36.0 Å².